The van der Waals surface area contributed by atoms with Crippen molar-refractivity contribution in [3.63, 3.8) is 0 Å². The second-order valence-corrected chi connectivity index (χ2v) is 6.39. The zero-order chi connectivity index (χ0) is 14.7. The molecule has 0 radical (unpaired) electrons. The summed E-state index contributed by atoms with van der Waals surface area (Å²) < 4.78 is 1.12. The number of hydrogen-bond donors (Lipinski definition) is 1. The Hall–Kier alpha value is -1.12. The van der Waals surface area contributed by atoms with Gasteiger partial charge in [0.2, 0.25) is 0 Å². The molecule has 0 amide bonds. The molecule has 1 unspecified atom stereocenters. The van der Waals surface area contributed by atoms with Crippen molar-refractivity contribution in [3.05, 3.63) is 68.7 Å². The molecule has 0 heterocycles. The van der Waals surface area contributed by atoms with Gasteiger partial charge in [-0.1, -0.05) is 45.8 Å². The van der Waals surface area contributed by atoms with Crippen LogP contribution in [0.3, 0.4) is 0 Å². The van der Waals surface area contributed by atoms with Crippen LogP contribution in [0.5, 0.6) is 0 Å². The molecule has 0 saturated heterocycles. The first-order chi connectivity index (χ1) is 9.51. The predicted octanol–water partition coefficient (Wildman–Crippen LogP) is 4.88. The summed E-state index contributed by atoms with van der Waals surface area (Å²) in [6, 6.07) is 13.5. The largest absolute Gasteiger partial charge is 0.313 e. The van der Waals surface area contributed by atoms with Crippen molar-refractivity contribution in [1.29, 1.82) is 0 Å². The van der Waals surface area contributed by atoms with E-state index in [2.05, 4.69) is 78.4 Å². The average Bonchev–Trinajstić information content (AvgIpc) is 2.39. The van der Waals surface area contributed by atoms with Crippen molar-refractivity contribution in [2.75, 3.05) is 7.05 Å². The first-order valence-corrected chi connectivity index (χ1v) is 7.80. The molecule has 0 aliphatic heterocycles. The van der Waals surface area contributed by atoms with Crippen molar-refractivity contribution in [2.45, 2.75) is 33.2 Å². The lowest BCUT2D eigenvalue weighted by atomic mass is 9.92. The van der Waals surface area contributed by atoms with Crippen LogP contribution in [-0.2, 0) is 6.42 Å². The summed E-state index contributed by atoms with van der Waals surface area (Å²) in [7, 11) is 2.03. The van der Waals surface area contributed by atoms with E-state index in [1.165, 1.54) is 27.8 Å². The van der Waals surface area contributed by atoms with E-state index in [0.29, 0.717) is 6.04 Å². The van der Waals surface area contributed by atoms with Gasteiger partial charge in [0.05, 0.1) is 0 Å². The molecule has 0 aromatic heterocycles. The van der Waals surface area contributed by atoms with Crippen molar-refractivity contribution in [1.82, 2.24) is 5.32 Å². The van der Waals surface area contributed by atoms with Gasteiger partial charge in [-0.2, -0.15) is 0 Å². The Morgan fingerprint density at radius 1 is 1.00 bits per heavy atom. The maximum atomic E-state index is 3.49. The molecule has 0 spiro atoms. The molecule has 2 aromatic carbocycles. The lowest BCUT2D eigenvalue weighted by Crippen LogP contribution is -2.19. The fraction of sp³-hybridized carbons (Fsp3) is 0.333. The standard InChI is InChI=1S/C18H22BrN/c1-12-9-13(2)17(14(3)10-12)11-18(20-4)15-5-7-16(19)8-6-15/h5-10,18,20H,11H2,1-4H3. The van der Waals surface area contributed by atoms with E-state index >= 15 is 0 Å². The number of nitrogens with one attached hydrogen (secondary N) is 1. The van der Waals surface area contributed by atoms with Gasteiger partial charge in [-0.25, -0.2) is 0 Å². The summed E-state index contributed by atoms with van der Waals surface area (Å²) in [5.41, 5.74) is 6.90. The fourth-order valence-corrected chi connectivity index (χ4v) is 3.08. The predicted molar refractivity (Wildman–Crippen MR) is 90.3 cm³/mol. The Morgan fingerprint density at radius 2 is 1.55 bits per heavy atom. The third-order valence-electron chi connectivity index (χ3n) is 3.87. The Labute approximate surface area is 130 Å². The van der Waals surface area contributed by atoms with Gasteiger partial charge in [0.1, 0.15) is 0 Å². The number of rotatable bonds is 4. The van der Waals surface area contributed by atoms with E-state index in [-0.39, 0.29) is 0 Å². The minimum atomic E-state index is 0.350. The average molecular weight is 332 g/mol. The van der Waals surface area contributed by atoms with Crippen LogP contribution in [0.15, 0.2) is 40.9 Å². The number of hydrogen-bond acceptors (Lipinski definition) is 1. The Bertz CT molecular complexity index is 564. The van der Waals surface area contributed by atoms with Gasteiger partial charge in [0, 0.05) is 10.5 Å². The molecule has 1 nitrogen and oxygen atoms in total. The van der Waals surface area contributed by atoms with Gasteiger partial charge in [-0.3, -0.25) is 0 Å². The van der Waals surface area contributed by atoms with Crippen LogP contribution in [0.25, 0.3) is 0 Å². The normalized spacial score (nSPS) is 12.4. The summed E-state index contributed by atoms with van der Waals surface area (Å²) in [6.07, 6.45) is 1.02. The van der Waals surface area contributed by atoms with Gasteiger partial charge in [0.15, 0.2) is 0 Å². The second-order valence-electron chi connectivity index (χ2n) is 5.47. The summed E-state index contributed by atoms with van der Waals surface area (Å²) in [6.45, 7) is 6.58. The molecular weight excluding hydrogens is 310 g/mol. The van der Waals surface area contributed by atoms with Crippen molar-refractivity contribution >= 4 is 15.9 Å². The van der Waals surface area contributed by atoms with Crippen molar-refractivity contribution in [2.24, 2.45) is 0 Å². The first-order valence-electron chi connectivity index (χ1n) is 7.00. The third-order valence-corrected chi connectivity index (χ3v) is 4.40. The highest BCUT2D eigenvalue weighted by Crippen LogP contribution is 2.25. The summed E-state index contributed by atoms with van der Waals surface area (Å²) in [5, 5.41) is 3.44. The van der Waals surface area contributed by atoms with Crippen LogP contribution in [0.4, 0.5) is 0 Å². The Morgan fingerprint density at radius 3 is 2.05 bits per heavy atom. The molecule has 0 saturated carbocycles. The monoisotopic (exact) mass is 331 g/mol. The van der Waals surface area contributed by atoms with Crippen molar-refractivity contribution in [3.8, 4) is 0 Å². The third kappa shape index (κ3) is 3.50. The van der Waals surface area contributed by atoms with E-state index in [0.717, 1.165) is 10.9 Å². The van der Waals surface area contributed by atoms with Crippen LogP contribution in [-0.4, -0.2) is 7.05 Å². The lowest BCUT2D eigenvalue weighted by molar-refractivity contribution is 0.589. The van der Waals surface area contributed by atoms with E-state index in [9.17, 15) is 0 Å². The zero-order valence-electron chi connectivity index (χ0n) is 12.6. The van der Waals surface area contributed by atoms with E-state index in [1.54, 1.807) is 0 Å². The smallest absolute Gasteiger partial charge is 0.0358 e. The minimum Gasteiger partial charge on any atom is -0.313 e. The molecular formula is C18H22BrN. The van der Waals surface area contributed by atoms with Crippen LogP contribution < -0.4 is 5.32 Å². The molecule has 1 atom stereocenters. The van der Waals surface area contributed by atoms with Crippen LogP contribution >= 0.6 is 15.9 Å². The SMILES string of the molecule is CNC(Cc1c(C)cc(C)cc1C)c1ccc(Br)cc1. The molecule has 0 aliphatic rings. The van der Waals surface area contributed by atoms with Gasteiger partial charge in [-0.15, -0.1) is 0 Å². The van der Waals surface area contributed by atoms with E-state index in [1.807, 2.05) is 7.05 Å². The van der Waals surface area contributed by atoms with Gasteiger partial charge < -0.3 is 5.32 Å². The fourth-order valence-electron chi connectivity index (χ4n) is 2.82. The Balaban J connectivity index is 2.29. The molecule has 106 valence electrons. The van der Waals surface area contributed by atoms with E-state index < -0.39 is 0 Å². The maximum absolute atomic E-state index is 3.49. The molecule has 2 aromatic rings. The molecule has 1 N–H and O–H groups in total. The van der Waals surface area contributed by atoms with E-state index in [4.69, 9.17) is 0 Å². The highest BCUT2D eigenvalue weighted by atomic mass is 79.9. The van der Waals surface area contributed by atoms with Gasteiger partial charge in [0.25, 0.3) is 0 Å². The topological polar surface area (TPSA) is 12.0 Å². The maximum Gasteiger partial charge on any atom is 0.0358 e. The number of halogens is 1. The van der Waals surface area contributed by atoms with Crippen LogP contribution in [0.1, 0.15) is 33.9 Å². The lowest BCUT2D eigenvalue weighted by Gasteiger charge is -2.20. The minimum absolute atomic E-state index is 0.350. The molecule has 2 heteroatoms. The number of benzene rings is 2. The summed E-state index contributed by atoms with van der Waals surface area (Å²) in [4.78, 5) is 0. The van der Waals surface area contributed by atoms with Gasteiger partial charge in [-0.05, 0) is 68.6 Å². The second kappa shape index (κ2) is 6.55. The Kier molecular flexibility index (Phi) is 5.00. The van der Waals surface area contributed by atoms with Gasteiger partial charge >= 0.3 is 0 Å². The van der Waals surface area contributed by atoms with Crippen LogP contribution in [0.2, 0.25) is 0 Å². The molecule has 20 heavy (non-hydrogen) atoms. The highest BCUT2D eigenvalue weighted by molar-refractivity contribution is 9.10. The summed E-state index contributed by atoms with van der Waals surface area (Å²) >= 11 is 3.49. The molecule has 0 fully saturated rings. The molecule has 0 aliphatic carbocycles. The zero-order valence-corrected chi connectivity index (χ0v) is 14.2. The molecule has 2 rings (SSSR count). The first kappa shape index (κ1) is 15.3. The van der Waals surface area contributed by atoms with Crippen molar-refractivity contribution < 1.29 is 0 Å². The highest BCUT2D eigenvalue weighted by Gasteiger charge is 2.13. The number of likely N-dealkylation sites (N-methyl/N-ethyl adjacent to an activating group) is 1. The summed E-state index contributed by atoms with van der Waals surface area (Å²) in [5.74, 6) is 0. The number of aryl methyl sites for hydroxylation is 3. The van der Waals surface area contributed by atoms with Crippen LogP contribution in [0, 0.1) is 20.8 Å². The quantitative estimate of drug-likeness (QED) is 0.842. The molecule has 0 bridgehead atoms.